The van der Waals surface area contributed by atoms with Crippen LogP contribution in [0.25, 0.3) is 11.0 Å². The van der Waals surface area contributed by atoms with Gasteiger partial charge in [-0.3, -0.25) is 0 Å². The van der Waals surface area contributed by atoms with Gasteiger partial charge in [0.15, 0.2) is 0 Å². The largest absolute Gasteiger partial charge is 0.329 e. The number of aromatic nitrogens is 2. The molecule has 80 valence electrons. The molecule has 1 heterocycles. The van der Waals surface area contributed by atoms with Crippen LogP contribution in [-0.2, 0) is 12.6 Å². The molecule has 2 N–H and O–H groups in total. The fraction of sp³-hybridized carbons (Fsp3) is 0.417. The molecular formula is C12H17N3. The Morgan fingerprint density at radius 2 is 2.00 bits per heavy atom. The van der Waals surface area contributed by atoms with E-state index in [0.29, 0.717) is 0 Å². The van der Waals surface area contributed by atoms with Crippen molar-refractivity contribution in [2.45, 2.75) is 26.3 Å². The van der Waals surface area contributed by atoms with Gasteiger partial charge in [0.2, 0.25) is 0 Å². The molecule has 2 rings (SSSR count). The van der Waals surface area contributed by atoms with Crippen LogP contribution in [0, 0.1) is 6.92 Å². The summed E-state index contributed by atoms with van der Waals surface area (Å²) in [5.41, 5.74) is 9.11. The Labute approximate surface area is 89.9 Å². The molecule has 3 heteroatoms. The van der Waals surface area contributed by atoms with E-state index in [1.807, 2.05) is 33.0 Å². The topological polar surface area (TPSA) is 43.8 Å². The fourth-order valence-electron chi connectivity index (χ4n) is 2.04. The quantitative estimate of drug-likeness (QED) is 0.771. The van der Waals surface area contributed by atoms with Crippen LogP contribution in [0.15, 0.2) is 18.2 Å². The van der Waals surface area contributed by atoms with Crippen molar-refractivity contribution >= 4 is 11.0 Å². The van der Waals surface area contributed by atoms with Crippen molar-refractivity contribution in [1.29, 1.82) is 0 Å². The predicted molar refractivity (Wildman–Crippen MR) is 62.7 cm³/mol. The van der Waals surface area contributed by atoms with Crippen molar-refractivity contribution in [2.75, 3.05) is 0 Å². The fourth-order valence-corrected chi connectivity index (χ4v) is 2.04. The van der Waals surface area contributed by atoms with E-state index in [4.69, 9.17) is 5.73 Å². The van der Waals surface area contributed by atoms with E-state index in [0.717, 1.165) is 11.3 Å². The zero-order chi connectivity index (χ0) is 11.2. The van der Waals surface area contributed by atoms with Crippen LogP contribution in [0.1, 0.15) is 25.2 Å². The van der Waals surface area contributed by atoms with Gasteiger partial charge in [-0.1, -0.05) is 12.1 Å². The number of aryl methyl sites for hydroxylation is 2. The summed E-state index contributed by atoms with van der Waals surface area (Å²) in [6.45, 7) is 6.05. The van der Waals surface area contributed by atoms with Crippen LogP contribution in [0.5, 0.6) is 0 Å². The number of fused-ring (bicyclic) bond motifs is 1. The molecule has 0 atom stereocenters. The van der Waals surface area contributed by atoms with Gasteiger partial charge in [-0.05, 0) is 32.4 Å². The summed E-state index contributed by atoms with van der Waals surface area (Å²) in [4.78, 5) is 4.58. The molecule has 0 radical (unpaired) electrons. The second-order valence-electron chi connectivity index (χ2n) is 4.66. The van der Waals surface area contributed by atoms with Crippen LogP contribution in [0.4, 0.5) is 0 Å². The summed E-state index contributed by atoms with van der Waals surface area (Å²) < 4.78 is 2.09. The summed E-state index contributed by atoms with van der Waals surface area (Å²) in [7, 11) is 2.02. The van der Waals surface area contributed by atoms with E-state index in [2.05, 4.69) is 22.5 Å². The maximum Gasteiger partial charge on any atom is 0.129 e. The second-order valence-corrected chi connectivity index (χ2v) is 4.66. The lowest BCUT2D eigenvalue weighted by atomic mass is 10.1. The molecule has 0 aliphatic heterocycles. The number of rotatable bonds is 1. The lowest BCUT2D eigenvalue weighted by Gasteiger charge is -2.17. The highest BCUT2D eigenvalue weighted by Gasteiger charge is 2.21. The Hall–Kier alpha value is -1.35. The van der Waals surface area contributed by atoms with Crippen molar-refractivity contribution in [2.24, 2.45) is 12.8 Å². The maximum atomic E-state index is 6.09. The van der Waals surface area contributed by atoms with Crippen molar-refractivity contribution in [3.05, 3.63) is 29.6 Å². The minimum absolute atomic E-state index is 0.403. The normalized spacial score (nSPS) is 12.3. The second kappa shape index (κ2) is 3.07. The number of para-hydroxylation sites is 1. The molecule has 0 amide bonds. The first-order valence-corrected chi connectivity index (χ1v) is 5.12. The predicted octanol–water partition coefficient (Wildman–Crippen LogP) is 2.08. The Balaban J connectivity index is 2.82. The first-order chi connectivity index (χ1) is 6.91. The number of imidazole rings is 1. The number of benzene rings is 1. The summed E-state index contributed by atoms with van der Waals surface area (Å²) in [5.74, 6) is 0.923. The van der Waals surface area contributed by atoms with Gasteiger partial charge in [0.25, 0.3) is 0 Å². The van der Waals surface area contributed by atoms with E-state index in [-0.39, 0.29) is 0 Å². The van der Waals surface area contributed by atoms with Gasteiger partial charge in [0, 0.05) is 7.05 Å². The molecule has 1 aromatic carbocycles. The molecule has 0 saturated carbocycles. The SMILES string of the molecule is Cc1cccc2nc(C(C)(C)N)n(C)c12. The zero-order valence-electron chi connectivity index (χ0n) is 9.70. The number of nitrogens with two attached hydrogens (primary N) is 1. The molecular weight excluding hydrogens is 186 g/mol. The Morgan fingerprint density at radius 1 is 1.33 bits per heavy atom. The van der Waals surface area contributed by atoms with Gasteiger partial charge in [-0.2, -0.15) is 0 Å². The lowest BCUT2D eigenvalue weighted by molar-refractivity contribution is 0.498. The van der Waals surface area contributed by atoms with E-state index < -0.39 is 5.54 Å². The monoisotopic (exact) mass is 203 g/mol. The van der Waals surface area contributed by atoms with E-state index in [9.17, 15) is 0 Å². The molecule has 3 nitrogen and oxygen atoms in total. The van der Waals surface area contributed by atoms with Crippen molar-refractivity contribution in [3.63, 3.8) is 0 Å². The highest BCUT2D eigenvalue weighted by molar-refractivity contribution is 5.79. The minimum atomic E-state index is -0.403. The molecule has 0 aliphatic rings. The van der Waals surface area contributed by atoms with E-state index in [1.54, 1.807) is 0 Å². The molecule has 0 bridgehead atoms. The summed E-state index contributed by atoms with van der Waals surface area (Å²) >= 11 is 0. The third-order valence-corrected chi connectivity index (χ3v) is 2.67. The molecule has 1 aromatic heterocycles. The molecule has 0 fully saturated rings. The zero-order valence-corrected chi connectivity index (χ0v) is 9.70. The van der Waals surface area contributed by atoms with E-state index in [1.165, 1.54) is 11.1 Å². The number of hydrogen-bond acceptors (Lipinski definition) is 2. The molecule has 0 saturated heterocycles. The molecule has 0 aliphatic carbocycles. The van der Waals surface area contributed by atoms with Crippen molar-refractivity contribution in [3.8, 4) is 0 Å². The highest BCUT2D eigenvalue weighted by Crippen LogP contribution is 2.23. The summed E-state index contributed by atoms with van der Waals surface area (Å²) in [5, 5.41) is 0. The van der Waals surface area contributed by atoms with E-state index >= 15 is 0 Å². The lowest BCUT2D eigenvalue weighted by Crippen LogP contribution is -2.32. The summed E-state index contributed by atoms with van der Waals surface area (Å²) in [6, 6.07) is 6.15. The van der Waals surface area contributed by atoms with Crippen LogP contribution < -0.4 is 5.73 Å². The highest BCUT2D eigenvalue weighted by atomic mass is 15.1. The average Bonchev–Trinajstić information content (AvgIpc) is 2.44. The Kier molecular flexibility index (Phi) is 2.08. The molecule has 2 aromatic rings. The van der Waals surface area contributed by atoms with Gasteiger partial charge in [0.1, 0.15) is 5.82 Å². The van der Waals surface area contributed by atoms with Crippen LogP contribution >= 0.6 is 0 Å². The van der Waals surface area contributed by atoms with Gasteiger partial charge in [0.05, 0.1) is 16.6 Å². The van der Waals surface area contributed by atoms with Gasteiger partial charge < -0.3 is 10.3 Å². The first kappa shape index (κ1) is 10.2. The number of hydrogen-bond donors (Lipinski definition) is 1. The van der Waals surface area contributed by atoms with Crippen molar-refractivity contribution < 1.29 is 0 Å². The minimum Gasteiger partial charge on any atom is -0.329 e. The number of nitrogens with zero attached hydrogens (tertiary/aromatic N) is 2. The van der Waals surface area contributed by atoms with Gasteiger partial charge >= 0.3 is 0 Å². The Bertz CT molecular complexity index is 503. The molecule has 15 heavy (non-hydrogen) atoms. The van der Waals surface area contributed by atoms with Crippen LogP contribution in [0.2, 0.25) is 0 Å². The summed E-state index contributed by atoms with van der Waals surface area (Å²) in [6.07, 6.45) is 0. The van der Waals surface area contributed by atoms with Gasteiger partial charge in [-0.25, -0.2) is 4.98 Å². The van der Waals surface area contributed by atoms with Gasteiger partial charge in [-0.15, -0.1) is 0 Å². The average molecular weight is 203 g/mol. The van der Waals surface area contributed by atoms with Crippen LogP contribution in [-0.4, -0.2) is 9.55 Å². The standard InChI is InChI=1S/C12H17N3/c1-8-6-5-7-9-10(8)15(4)11(14-9)12(2,3)13/h5-7H,13H2,1-4H3. The van der Waals surface area contributed by atoms with Crippen molar-refractivity contribution in [1.82, 2.24) is 9.55 Å². The first-order valence-electron chi connectivity index (χ1n) is 5.12. The maximum absolute atomic E-state index is 6.09. The van der Waals surface area contributed by atoms with Crippen LogP contribution in [0.3, 0.4) is 0 Å². The smallest absolute Gasteiger partial charge is 0.129 e. The Morgan fingerprint density at radius 3 is 2.53 bits per heavy atom. The molecule has 0 spiro atoms. The molecule has 0 unspecified atom stereocenters. The third kappa shape index (κ3) is 1.53. The third-order valence-electron chi connectivity index (χ3n) is 2.67.